The third-order valence-corrected chi connectivity index (χ3v) is 3.66. The summed E-state index contributed by atoms with van der Waals surface area (Å²) < 4.78 is 5.81. The Balaban J connectivity index is 2.74. The molecule has 1 rings (SSSR count). The number of amides is 2. The van der Waals surface area contributed by atoms with Gasteiger partial charge in [0.05, 0.1) is 6.61 Å². The molecule has 0 heterocycles. The van der Waals surface area contributed by atoms with E-state index in [4.69, 9.17) is 4.74 Å². The maximum absolute atomic E-state index is 12.3. The molecule has 1 aromatic carbocycles. The molecule has 0 aliphatic heterocycles. The van der Waals surface area contributed by atoms with E-state index >= 15 is 0 Å². The van der Waals surface area contributed by atoms with Gasteiger partial charge in [0.1, 0.15) is 5.41 Å². The predicted octanol–water partition coefficient (Wildman–Crippen LogP) is 2.48. The van der Waals surface area contributed by atoms with E-state index in [0.717, 1.165) is 10.0 Å². The van der Waals surface area contributed by atoms with Crippen molar-refractivity contribution < 1.29 is 14.3 Å². The summed E-state index contributed by atoms with van der Waals surface area (Å²) in [6, 6.07) is 5.55. The fourth-order valence-electron chi connectivity index (χ4n) is 1.64. The van der Waals surface area contributed by atoms with E-state index in [1.165, 1.54) is 0 Å². The highest BCUT2D eigenvalue weighted by atomic mass is 79.9. The van der Waals surface area contributed by atoms with E-state index < -0.39 is 5.41 Å². The molecule has 0 bridgehead atoms. The van der Waals surface area contributed by atoms with Crippen LogP contribution in [0.3, 0.4) is 0 Å². The van der Waals surface area contributed by atoms with E-state index in [1.54, 1.807) is 27.0 Å². The second-order valence-corrected chi connectivity index (χ2v) is 6.20. The maximum atomic E-state index is 12.3. The minimum absolute atomic E-state index is 0.327. The summed E-state index contributed by atoms with van der Waals surface area (Å²) in [7, 11) is 1.56. The first kappa shape index (κ1) is 17.7. The minimum Gasteiger partial charge on any atom is -0.383 e. The highest BCUT2D eigenvalue weighted by molar-refractivity contribution is 9.10. The van der Waals surface area contributed by atoms with E-state index in [1.807, 2.05) is 19.1 Å². The Morgan fingerprint density at radius 3 is 2.52 bits per heavy atom. The number of rotatable bonds is 6. The predicted molar refractivity (Wildman–Crippen MR) is 86.2 cm³/mol. The average Bonchev–Trinajstić information content (AvgIpc) is 2.41. The molecule has 116 valence electrons. The number of nitrogens with one attached hydrogen (secondary N) is 2. The van der Waals surface area contributed by atoms with E-state index in [2.05, 4.69) is 26.6 Å². The van der Waals surface area contributed by atoms with Crippen molar-refractivity contribution in [3.05, 3.63) is 28.2 Å². The molecule has 0 unspecified atom stereocenters. The highest BCUT2D eigenvalue weighted by Gasteiger charge is 2.36. The van der Waals surface area contributed by atoms with Gasteiger partial charge in [-0.3, -0.25) is 9.59 Å². The molecule has 0 aliphatic carbocycles. The smallest absolute Gasteiger partial charge is 0.239 e. The first-order valence-electron chi connectivity index (χ1n) is 6.64. The van der Waals surface area contributed by atoms with Crippen molar-refractivity contribution in [3.8, 4) is 0 Å². The summed E-state index contributed by atoms with van der Waals surface area (Å²) in [4.78, 5) is 24.4. The van der Waals surface area contributed by atoms with Crippen LogP contribution in [-0.4, -0.2) is 32.1 Å². The fraction of sp³-hybridized carbons (Fsp3) is 0.467. The standard InChI is InChI=1S/C15H21BrN2O3/c1-10-9-11(16)5-6-12(10)18-14(20)15(2,3)13(19)17-7-8-21-4/h5-6,9H,7-8H2,1-4H3,(H,17,19)(H,18,20). The lowest BCUT2D eigenvalue weighted by Gasteiger charge is -2.23. The number of anilines is 1. The number of halogens is 1. The van der Waals surface area contributed by atoms with Crippen molar-refractivity contribution in [2.75, 3.05) is 25.6 Å². The summed E-state index contributed by atoms with van der Waals surface area (Å²) in [5, 5.41) is 5.48. The summed E-state index contributed by atoms with van der Waals surface area (Å²) in [6.07, 6.45) is 0. The second kappa shape index (κ2) is 7.56. The van der Waals surface area contributed by atoms with Crippen LogP contribution in [-0.2, 0) is 14.3 Å². The Morgan fingerprint density at radius 2 is 1.95 bits per heavy atom. The molecule has 0 saturated carbocycles. The van der Waals surface area contributed by atoms with E-state index in [9.17, 15) is 9.59 Å². The summed E-state index contributed by atoms with van der Waals surface area (Å²) in [5.41, 5.74) is 0.460. The number of methoxy groups -OCH3 is 1. The van der Waals surface area contributed by atoms with Gasteiger partial charge in [0.2, 0.25) is 11.8 Å². The van der Waals surface area contributed by atoms with Crippen LogP contribution in [0.2, 0.25) is 0 Å². The lowest BCUT2D eigenvalue weighted by atomic mass is 9.91. The van der Waals surface area contributed by atoms with Crippen LogP contribution < -0.4 is 10.6 Å². The fourth-order valence-corrected chi connectivity index (χ4v) is 2.11. The van der Waals surface area contributed by atoms with Crippen LogP contribution in [0.5, 0.6) is 0 Å². The van der Waals surface area contributed by atoms with Gasteiger partial charge in [0.15, 0.2) is 0 Å². The maximum Gasteiger partial charge on any atom is 0.239 e. The van der Waals surface area contributed by atoms with Gasteiger partial charge in [0.25, 0.3) is 0 Å². The molecule has 2 amide bonds. The van der Waals surface area contributed by atoms with Gasteiger partial charge in [-0.2, -0.15) is 0 Å². The molecular weight excluding hydrogens is 336 g/mol. The molecule has 0 fully saturated rings. The largest absolute Gasteiger partial charge is 0.383 e. The zero-order chi connectivity index (χ0) is 16.0. The summed E-state index contributed by atoms with van der Waals surface area (Å²) in [6.45, 7) is 5.88. The van der Waals surface area contributed by atoms with Crippen LogP contribution in [0.1, 0.15) is 19.4 Å². The van der Waals surface area contributed by atoms with Crippen LogP contribution >= 0.6 is 15.9 Å². The number of hydrogen-bond acceptors (Lipinski definition) is 3. The zero-order valence-corrected chi connectivity index (χ0v) is 14.3. The number of carbonyl (C=O) groups excluding carboxylic acids is 2. The van der Waals surface area contributed by atoms with Gasteiger partial charge in [-0.15, -0.1) is 0 Å². The van der Waals surface area contributed by atoms with Gasteiger partial charge < -0.3 is 15.4 Å². The first-order chi connectivity index (χ1) is 9.78. The third-order valence-electron chi connectivity index (χ3n) is 3.16. The normalized spacial score (nSPS) is 11.1. The third kappa shape index (κ3) is 4.82. The zero-order valence-electron chi connectivity index (χ0n) is 12.7. The Hall–Kier alpha value is -1.40. The van der Waals surface area contributed by atoms with Crippen LogP contribution in [0, 0.1) is 12.3 Å². The van der Waals surface area contributed by atoms with E-state index in [0.29, 0.717) is 18.8 Å². The number of aryl methyl sites for hydroxylation is 1. The molecule has 0 spiro atoms. The lowest BCUT2D eigenvalue weighted by molar-refractivity contribution is -0.138. The number of ether oxygens (including phenoxy) is 1. The molecular formula is C15H21BrN2O3. The summed E-state index contributed by atoms with van der Waals surface area (Å²) >= 11 is 3.37. The highest BCUT2D eigenvalue weighted by Crippen LogP contribution is 2.23. The molecule has 0 aromatic heterocycles. The number of benzene rings is 1. The topological polar surface area (TPSA) is 67.4 Å². The molecule has 2 N–H and O–H groups in total. The Bertz CT molecular complexity index is 530. The molecule has 6 heteroatoms. The Kier molecular flexibility index (Phi) is 6.36. The van der Waals surface area contributed by atoms with Gasteiger partial charge in [0, 0.05) is 23.8 Å². The first-order valence-corrected chi connectivity index (χ1v) is 7.43. The minimum atomic E-state index is -1.16. The van der Waals surface area contributed by atoms with Crippen molar-refractivity contribution in [2.45, 2.75) is 20.8 Å². The van der Waals surface area contributed by atoms with Crippen molar-refractivity contribution in [1.82, 2.24) is 5.32 Å². The van der Waals surface area contributed by atoms with Crippen LogP contribution in [0.4, 0.5) is 5.69 Å². The molecule has 0 atom stereocenters. The van der Waals surface area contributed by atoms with Crippen molar-refractivity contribution in [3.63, 3.8) is 0 Å². The van der Waals surface area contributed by atoms with Gasteiger partial charge in [-0.05, 0) is 44.5 Å². The number of hydrogen-bond donors (Lipinski definition) is 2. The van der Waals surface area contributed by atoms with Crippen molar-refractivity contribution in [1.29, 1.82) is 0 Å². The van der Waals surface area contributed by atoms with Gasteiger partial charge in [-0.25, -0.2) is 0 Å². The van der Waals surface area contributed by atoms with Crippen molar-refractivity contribution >= 4 is 33.4 Å². The van der Waals surface area contributed by atoms with Crippen LogP contribution in [0.15, 0.2) is 22.7 Å². The number of carbonyl (C=O) groups is 2. The molecule has 1 aromatic rings. The van der Waals surface area contributed by atoms with Gasteiger partial charge in [-0.1, -0.05) is 15.9 Å². The lowest BCUT2D eigenvalue weighted by Crippen LogP contribution is -2.46. The Labute approximate surface area is 133 Å². The average molecular weight is 357 g/mol. The van der Waals surface area contributed by atoms with Gasteiger partial charge >= 0.3 is 0 Å². The quantitative estimate of drug-likeness (QED) is 0.607. The monoisotopic (exact) mass is 356 g/mol. The van der Waals surface area contributed by atoms with E-state index in [-0.39, 0.29) is 11.8 Å². The van der Waals surface area contributed by atoms with Crippen molar-refractivity contribution in [2.24, 2.45) is 5.41 Å². The molecule has 0 saturated heterocycles. The molecule has 0 radical (unpaired) electrons. The SMILES string of the molecule is COCCNC(=O)C(C)(C)C(=O)Nc1ccc(Br)cc1C. The second-order valence-electron chi connectivity index (χ2n) is 5.29. The molecule has 21 heavy (non-hydrogen) atoms. The molecule has 0 aliphatic rings. The Morgan fingerprint density at radius 1 is 1.29 bits per heavy atom. The molecule has 5 nitrogen and oxygen atoms in total. The summed E-state index contributed by atoms with van der Waals surface area (Å²) in [5.74, 6) is -0.672. The van der Waals surface area contributed by atoms with Crippen LogP contribution in [0.25, 0.3) is 0 Å².